The summed E-state index contributed by atoms with van der Waals surface area (Å²) in [5, 5.41) is 0. The zero-order chi connectivity index (χ0) is 14.6. The SMILES string of the molecule is Nc1ccc(N)c2c1C(=O)c1cc(Br)c(Br)cc1C2=O. The van der Waals surface area contributed by atoms with E-state index < -0.39 is 0 Å². The van der Waals surface area contributed by atoms with Crippen molar-refractivity contribution in [3.63, 3.8) is 0 Å². The third-order valence-corrected chi connectivity index (χ3v) is 5.12. The van der Waals surface area contributed by atoms with Crippen LogP contribution in [0.5, 0.6) is 0 Å². The molecule has 0 bridgehead atoms. The normalized spacial score (nSPS) is 13.1. The van der Waals surface area contributed by atoms with Crippen LogP contribution >= 0.6 is 31.9 Å². The van der Waals surface area contributed by atoms with Crippen molar-refractivity contribution in [2.75, 3.05) is 11.5 Å². The van der Waals surface area contributed by atoms with Crippen LogP contribution < -0.4 is 11.5 Å². The van der Waals surface area contributed by atoms with Crippen molar-refractivity contribution in [2.45, 2.75) is 0 Å². The van der Waals surface area contributed by atoms with Gasteiger partial charge in [-0.05, 0) is 56.1 Å². The number of nitrogens with two attached hydrogens (primary N) is 2. The summed E-state index contributed by atoms with van der Waals surface area (Å²) in [4.78, 5) is 25.1. The first-order valence-corrected chi connectivity index (χ1v) is 7.26. The van der Waals surface area contributed by atoms with E-state index in [1.54, 1.807) is 12.1 Å². The van der Waals surface area contributed by atoms with Crippen LogP contribution in [0.4, 0.5) is 11.4 Å². The van der Waals surface area contributed by atoms with Crippen molar-refractivity contribution in [1.29, 1.82) is 0 Å². The highest BCUT2D eigenvalue weighted by Crippen LogP contribution is 2.37. The van der Waals surface area contributed by atoms with E-state index in [4.69, 9.17) is 11.5 Å². The van der Waals surface area contributed by atoms with E-state index in [0.29, 0.717) is 20.1 Å². The van der Waals surface area contributed by atoms with E-state index in [9.17, 15) is 9.59 Å². The van der Waals surface area contributed by atoms with Gasteiger partial charge < -0.3 is 11.5 Å². The van der Waals surface area contributed by atoms with Gasteiger partial charge in [-0.2, -0.15) is 0 Å². The topological polar surface area (TPSA) is 86.2 Å². The number of fused-ring (bicyclic) bond motifs is 2. The maximum absolute atomic E-state index is 12.6. The number of nitrogen functional groups attached to an aromatic ring is 2. The molecule has 0 fully saturated rings. The van der Waals surface area contributed by atoms with Gasteiger partial charge in [0.25, 0.3) is 0 Å². The van der Waals surface area contributed by atoms with Gasteiger partial charge in [0.1, 0.15) is 0 Å². The highest BCUT2D eigenvalue weighted by molar-refractivity contribution is 9.13. The lowest BCUT2D eigenvalue weighted by Gasteiger charge is -2.21. The minimum Gasteiger partial charge on any atom is -0.398 e. The van der Waals surface area contributed by atoms with E-state index in [1.807, 2.05) is 0 Å². The molecule has 0 heterocycles. The summed E-state index contributed by atoms with van der Waals surface area (Å²) < 4.78 is 1.40. The Bertz CT molecular complexity index is 734. The molecule has 0 unspecified atom stereocenters. The van der Waals surface area contributed by atoms with Gasteiger partial charge in [0.15, 0.2) is 11.6 Å². The van der Waals surface area contributed by atoms with Crippen molar-refractivity contribution >= 4 is 54.8 Å². The molecule has 1 aliphatic carbocycles. The maximum Gasteiger partial charge on any atom is 0.196 e. The van der Waals surface area contributed by atoms with Gasteiger partial charge in [-0.15, -0.1) is 0 Å². The van der Waals surface area contributed by atoms with Crippen LogP contribution in [0.2, 0.25) is 0 Å². The molecule has 0 spiro atoms. The fourth-order valence-corrected chi connectivity index (χ4v) is 3.00. The monoisotopic (exact) mass is 394 g/mol. The van der Waals surface area contributed by atoms with Gasteiger partial charge in [-0.25, -0.2) is 0 Å². The van der Waals surface area contributed by atoms with Crippen LogP contribution in [0.3, 0.4) is 0 Å². The lowest BCUT2D eigenvalue weighted by atomic mass is 9.82. The number of anilines is 2. The second-order valence-electron chi connectivity index (χ2n) is 4.46. The zero-order valence-electron chi connectivity index (χ0n) is 10.0. The predicted octanol–water partition coefficient (Wildman–Crippen LogP) is 3.15. The second-order valence-corrected chi connectivity index (χ2v) is 6.17. The Morgan fingerprint density at radius 1 is 0.750 bits per heavy atom. The van der Waals surface area contributed by atoms with E-state index in [2.05, 4.69) is 31.9 Å². The van der Waals surface area contributed by atoms with Crippen LogP contribution in [0.15, 0.2) is 33.2 Å². The molecule has 4 nitrogen and oxygen atoms in total. The number of benzene rings is 2. The van der Waals surface area contributed by atoms with Gasteiger partial charge in [0.05, 0.1) is 11.1 Å². The molecule has 0 aliphatic heterocycles. The average Bonchev–Trinajstić information content (AvgIpc) is 2.41. The fraction of sp³-hybridized carbons (Fsp3) is 0. The molecule has 0 radical (unpaired) electrons. The van der Waals surface area contributed by atoms with Crippen molar-refractivity contribution in [1.82, 2.24) is 0 Å². The first-order valence-electron chi connectivity index (χ1n) is 5.68. The van der Waals surface area contributed by atoms with Crippen LogP contribution in [0.25, 0.3) is 0 Å². The molecule has 2 aromatic carbocycles. The Balaban J connectivity index is 2.40. The second kappa shape index (κ2) is 4.43. The number of ketones is 2. The van der Waals surface area contributed by atoms with Crippen LogP contribution in [-0.4, -0.2) is 11.6 Å². The standard InChI is InChI=1S/C14H8Br2N2O2/c15-7-3-5-6(4-8(7)16)14(20)12-10(18)2-1-9(17)11(12)13(5)19/h1-4H,17-18H2. The molecule has 2 aromatic rings. The van der Waals surface area contributed by atoms with Gasteiger partial charge in [0.2, 0.25) is 0 Å². The van der Waals surface area contributed by atoms with Crippen molar-refractivity contribution in [3.8, 4) is 0 Å². The first kappa shape index (κ1) is 13.3. The highest BCUT2D eigenvalue weighted by atomic mass is 79.9. The number of hydrogen-bond acceptors (Lipinski definition) is 4. The third kappa shape index (κ3) is 1.72. The smallest absolute Gasteiger partial charge is 0.196 e. The van der Waals surface area contributed by atoms with Crippen molar-refractivity contribution in [3.05, 3.63) is 55.5 Å². The summed E-state index contributed by atoms with van der Waals surface area (Å²) in [6.07, 6.45) is 0. The van der Waals surface area contributed by atoms with Gasteiger partial charge in [-0.1, -0.05) is 0 Å². The largest absolute Gasteiger partial charge is 0.398 e. The minimum atomic E-state index is -0.285. The molecule has 0 saturated heterocycles. The number of carbonyl (C=O) groups excluding carboxylic acids is 2. The van der Waals surface area contributed by atoms with E-state index in [-0.39, 0.29) is 34.1 Å². The number of rotatable bonds is 0. The van der Waals surface area contributed by atoms with Gasteiger partial charge >= 0.3 is 0 Å². The molecular formula is C14H8Br2N2O2. The molecule has 3 rings (SSSR count). The summed E-state index contributed by atoms with van der Waals surface area (Å²) >= 11 is 6.66. The molecular weight excluding hydrogens is 388 g/mol. The average molecular weight is 396 g/mol. The van der Waals surface area contributed by atoms with Gasteiger partial charge in [-0.3, -0.25) is 9.59 Å². The molecule has 1 aliphatic rings. The summed E-state index contributed by atoms with van der Waals surface area (Å²) in [5.41, 5.74) is 13.2. The van der Waals surface area contributed by atoms with Crippen molar-refractivity contribution in [2.24, 2.45) is 0 Å². The summed E-state index contributed by atoms with van der Waals surface area (Å²) in [5.74, 6) is -0.569. The Kier molecular flexibility index (Phi) is 2.95. The summed E-state index contributed by atoms with van der Waals surface area (Å²) in [7, 11) is 0. The number of carbonyl (C=O) groups is 2. The van der Waals surface area contributed by atoms with Crippen LogP contribution in [0.1, 0.15) is 31.8 Å². The highest BCUT2D eigenvalue weighted by Gasteiger charge is 2.33. The van der Waals surface area contributed by atoms with E-state index in [0.717, 1.165) is 0 Å². The quantitative estimate of drug-likeness (QED) is 0.572. The molecule has 20 heavy (non-hydrogen) atoms. The predicted molar refractivity (Wildman–Crippen MR) is 84.0 cm³/mol. The van der Waals surface area contributed by atoms with Gasteiger partial charge in [0, 0.05) is 31.4 Å². The molecule has 0 atom stereocenters. The fourth-order valence-electron chi connectivity index (χ4n) is 2.32. The Morgan fingerprint density at radius 3 is 1.45 bits per heavy atom. The third-order valence-electron chi connectivity index (χ3n) is 3.27. The molecule has 100 valence electrons. The molecule has 0 aromatic heterocycles. The minimum absolute atomic E-state index is 0.191. The summed E-state index contributed by atoms with van der Waals surface area (Å²) in [6.45, 7) is 0. The Labute approximate surface area is 131 Å². The number of hydrogen-bond donors (Lipinski definition) is 2. The lowest BCUT2D eigenvalue weighted by molar-refractivity contribution is 0.0980. The van der Waals surface area contributed by atoms with Crippen LogP contribution in [0, 0.1) is 0 Å². The molecule has 4 N–H and O–H groups in total. The Hall–Kier alpha value is -1.66. The van der Waals surface area contributed by atoms with Crippen molar-refractivity contribution < 1.29 is 9.59 Å². The summed E-state index contributed by atoms with van der Waals surface area (Å²) in [6, 6.07) is 6.31. The molecule has 6 heteroatoms. The molecule has 0 saturated carbocycles. The number of halogens is 2. The van der Waals surface area contributed by atoms with E-state index in [1.165, 1.54) is 12.1 Å². The maximum atomic E-state index is 12.6. The van der Waals surface area contributed by atoms with E-state index >= 15 is 0 Å². The zero-order valence-corrected chi connectivity index (χ0v) is 13.2. The molecule has 0 amide bonds. The van der Waals surface area contributed by atoms with Crippen LogP contribution in [-0.2, 0) is 0 Å². The Morgan fingerprint density at radius 2 is 1.10 bits per heavy atom. The lowest BCUT2D eigenvalue weighted by Crippen LogP contribution is -2.23. The first-order chi connectivity index (χ1) is 9.41.